The molecule has 0 aliphatic carbocycles. The van der Waals surface area contributed by atoms with Crippen molar-refractivity contribution in [1.29, 1.82) is 0 Å². The van der Waals surface area contributed by atoms with Crippen LogP contribution in [0, 0.1) is 5.41 Å². The summed E-state index contributed by atoms with van der Waals surface area (Å²) in [5.41, 5.74) is 1.43. The Morgan fingerprint density at radius 2 is 1.48 bits per heavy atom. The van der Waals surface area contributed by atoms with Gasteiger partial charge in [-0.2, -0.15) is 0 Å². The SMILES string of the molecule is CC(C)(C)CN(CC(Cc1ccccc1)N1C(=O)c2ccccc2C1=O)C(=O)O. The standard InChI is InChI=1S/C23H26N2O4/c1-23(2,3)15-24(22(28)29)14-17(13-16-9-5-4-6-10-16)25-20(26)18-11-7-8-12-19(18)21(25)27/h4-12,17H,13-15H2,1-3H3,(H,28,29). The van der Waals surface area contributed by atoms with Crippen LogP contribution in [0.5, 0.6) is 0 Å². The van der Waals surface area contributed by atoms with Crippen molar-refractivity contribution in [2.75, 3.05) is 13.1 Å². The average molecular weight is 394 g/mol. The van der Waals surface area contributed by atoms with Crippen molar-refractivity contribution in [2.45, 2.75) is 33.2 Å². The van der Waals surface area contributed by atoms with E-state index in [0.717, 1.165) is 5.56 Å². The van der Waals surface area contributed by atoms with Crippen LogP contribution in [-0.2, 0) is 6.42 Å². The highest BCUT2D eigenvalue weighted by atomic mass is 16.4. The molecule has 0 spiro atoms. The fraction of sp³-hybridized carbons (Fsp3) is 0.348. The van der Waals surface area contributed by atoms with Gasteiger partial charge >= 0.3 is 6.09 Å². The van der Waals surface area contributed by atoms with Gasteiger partial charge in [0.1, 0.15) is 0 Å². The van der Waals surface area contributed by atoms with Crippen LogP contribution in [0.2, 0.25) is 0 Å². The Bertz CT molecular complexity index is 883. The Labute approximate surface area is 170 Å². The molecular formula is C23H26N2O4. The van der Waals surface area contributed by atoms with Crippen molar-refractivity contribution < 1.29 is 19.5 Å². The summed E-state index contributed by atoms with van der Waals surface area (Å²) in [4.78, 5) is 40.5. The Morgan fingerprint density at radius 3 is 1.97 bits per heavy atom. The van der Waals surface area contributed by atoms with Gasteiger partial charge in [0.05, 0.1) is 17.2 Å². The quantitative estimate of drug-likeness (QED) is 0.754. The van der Waals surface area contributed by atoms with Crippen molar-refractivity contribution in [1.82, 2.24) is 9.80 Å². The number of rotatable bonds is 6. The van der Waals surface area contributed by atoms with Crippen LogP contribution in [0.3, 0.4) is 0 Å². The second kappa shape index (κ2) is 8.07. The molecule has 1 aliphatic heterocycles. The molecule has 0 fully saturated rings. The average Bonchev–Trinajstić information content (AvgIpc) is 2.91. The van der Waals surface area contributed by atoms with E-state index >= 15 is 0 Å². The third kappa shape index (κ3) is 4.65. The second-order valence-electron chi connectivity index (χ2n) is 8.59. The number of carbonyl (C=O) groups excluding carboxylic acids is 2. The summed E-state index contributed by atoms with van der Waals surface area (Å²) in [7, 11) is 0. The maximum absolute atomic E-state index is 13.0. The number of hydrogen-bond acceptors (Lipinski definition) is 3. The number of carbonyl (C=O) groups is 3. The lowest BCUT2D eigenvalue weighted by atomic mass is 9.95. The first-order chi connectivity index (χ1) is 13.7. The number of amides is 3. The molecule has 3 amide bonds. The van der Waals surface area contributed by atoms with Crippen LogP contribution >= 0.6 is 0 Å². The molecule has 2 aromatic rings. The van der Waals surface area contributed by atoms with Crippen LogP contribution in [-0.4, -0.2) is 51.9 Å². The van der Waals surface area contributed by atoms with Crippen LogP contribution in [0.15, 0.2) is 54.6 Å². The zero-order valence-electron chi connectivity index (χ0n) is 17.0. The summed E-state index contributed by atoms with van der Waals surface area (Å²) < 4.78 is 0. The normalized spacial score (nSPS) is 14.7. The van der Waals surface area contributed by atoms with Crippen LogP contribution in [0.4, 0.5) is 4.79 Å². The minimum atomic E-state index is -1.06. The first-order valence-corrected chi connectivity index (χ1v) is 9.66. The van der Waals surface area contributed by atoms with E-state index in [2.05, 4.69) is 0 Å². The second-order valence-corrected chi connectivity index (χ2v) is 8.59. The van der Waals surface area contributed by atoms with Crippen LogP contribution in [0.25, 0.3) is 0 Å². The number of nitrogens with zero attached hydrogens (tertiary/aromatic N) is 2. The van der Waals surface area contributed by atoms with E-state index in [1.807, 2.05) is 51.1 Å². The minimum absolute atomic E-state index is 0.0625. The smallest absolute Gasteiger partial charge is 0.407 e. The highest BCUT2D eigenvalue weighted by Gasteiger charge is 2.41. The summed E-state index contributed by atoms with van der Waals surface area (Å²) in [6.45, 7) is 6.23. The lowest BCUT2D eigenvalue weighted by Crippen LogP contribution is -2.50. The summed E-state index contributed by atoms with van der Waals surface area (Å²) >= 11 is 0. The lowest BCUT2D eigenvalue weighted by Gasteiger charge is -2.34. The van der Waals surface area contributed by atoms with Gasteiger partial charge in [0.25, 0.3) is 11.8 Å². The number of benzene rings is 2. The molecule has 3 rings (SSSR count). The monoisotopic (exact) mass is 394 g/mol. The van der Waals surface area contributed by atoms with Gasteiger partial charge in [0, 0.05) is 13.1 Å². The van der Waals surface area contributed by atoms with Gasteiger partial charge in [-0.25, -0.2) is 4.79 Å². The van der Waals surface area contributed by atoms with Crippen LogP contribution < -0.4 is 0 Å². The zero-order valence-corrected chi connectivity index (χ0v) is 17.0. The molecule has 0 saturated heterocycles. The maximum Gasteiger partial charge on any atom is 0.407 e. The predicted molar refractivity (Wildman–Crippen MR) is 110 cm³/mol. The van der Waals surface area contributed by atoms with E-state index in [1.54, 1.807) is 24.3 Å². The Balaban J connectivity index is 1.94. The van der Waals surface area contributed by atoms with Crippen molar-refractivity contribution in [2.24, 2.45) is 5.41 Å². The van der Waals surface area contributed by atoms with Gasteiger partial charge in [0.2, 0.25) is 0 Å². The van der Waals surface area contributed by atoms with Gasteiger partial charge < -0.3 is 10.0 Å². The molecule has 1 atom stereocenters. The van der Waals surface area contributed by atoms with Crippen molar-refractivity contribution in [3.63, 3.8) is 0 Å². The van der Waals surface area contributed by atoms with E-state index < -0.39 is 12.1 Å². The maximum atomic E-state index is 13.0. The van der Waals surface area contributed by atoms with Crippen LogP contribution in [0.1, 0.15) is 47.1 Å². The molecule has 1 aliphatic rings. The molecule has 1 unspecified atom stereocenters. The van der Waals surface area contributed by atoms with Gasteiger partial charge in [-0.1, -0.05) is 63.2 Å². The number of fused-ring (bicyclic) bond motifs is 1. The Kier molecular flexibility index (Phi) is 5.73. The fourth-order valence-corrected chi connectivity index (χ4v) is 3.70. The molecule has 0 bridgehead atoms. The molecule has 0 radical (unpaired) electrons. The third-order valence-corrected chi connectivity index (χ3v) is 4.87. The molecule has 2 aromatic carbocycles. The highest BCUT2D eigenvalue weighted by Crippen LogP contribution is 2.27. The molecule has 0 aromatic heterocycles. The highest BCUT2D eigenvalue weighted by molar-refractivity contribution is 6.21. The third-order valence-electron chi connectivity index (χ3n) is 4.87. The van der Waals surface area contributed by atoms with E-state index in [1.165, 1.54) is 9.80 Å². The van der Waals surface area contributed by atoms with Crippen molar-refractivity contribution >= 4 is 17.9 Å². The zero-order chi connectivity index (χ0) is 21.2. The largest absolute Gasteiger partial charge is 0.465 e. The summed E-state index contributed by atoms with van der Waals surface area (Å²) in [6, 6.07) is 15.6. The first kappa shape index (κ1) is 20.6. The van der Waals surface area contributed by atoms with E-state index in [0.29, 0.717) is 24.1 Å². The lowest BCUT2D eigenvalue weighted by molar-refractivity contribution is 0.0518. The van der Waals surface area contributed by atoms with E-state index in [4.69, 9.17) is 0 Å². The Morgan fingerprint density at radius 1 is 0.966 bits per heavy atom. The van der Waals surface area contributed by atoms with Gasteiger partial charge in [0.15, 0.2) is 0 Å². The molecular weight excluding hydrogens is 368 g/mol. The van der Waals surface area contributed by atoms with Crippen molar-refractivity contribution in [3.05, 3.63) is 71.3 Å². The van der Waals surface area contributed by atoms with E-state index in [-0.39, 0.29) is 23.8 Å². The fourth-order valence-electron chi connectivity index (χ4n) is 3.70. The van der Waals surface area contributed by atoms with Gasteiger partial charge in [-0.05, 0) is 29.5 Å². The molecule has 29 heavy (non-hydrogen) atoms. The number of carboxylic acid groups (broad SMARTS) is 1. The van der Waals surface area contributed by atoms with Crippen molar-refractivity contribution in [3.8, 4) is 0 Å². The Hall–Kier alpha value is -3.15. The summed E-state index contributed by atoms with van der Waals surface area (Å²) in [5, 5.41) is 9.74. The molecule has 152 valence electrons. The molecule has 1 N–H and O–H groups in total. The molecule has 6 nitrogen and oxygen atoms in total. The summed E-state index contributed by atoms with van der Waals surface area (Å²) in [6.07, 6.45) is -0.671. The van der Waals surface area contributed by atoms with Gasteiger partial charge in [-0.15, -0.1) is 0 Å². The minimum Gasteiger partial charge on any atom is -0.465 e. The number of imide groups is 1. The summed E-state index contributed by atoms with van der Waals surface area (Å²) in [5.74, 6) is -0.736. The first-order valence-electron chi connectivity index (χ1n) is 9.66. The molecule has 1 heterocycles. The van der Waals surface area contributed by atoms with Gasteiger partial charge in [-0.3, -0.25) is 14.5 Å². The topological polar surface area (TPSA) is 77.9 Å². The number of hydrogen-bond donors (Lipinski definition) is 1. The molecule has 6 heteroatoms. The molecule has 0 saturated carbocycles. The van der Waals surface area contributed by atoms with E-state index in [9.17, 15) is 19.5 Å². The predicted octanol–water partition coefficient (Wildman–Crippen LogP) is 3.92.